The second-order valence-corrected chi connectivity index (χ2v) is 18.7. The first-order valence-corrected chi connectivity index (χ1v) is 24.6. The number of fused-ring (bicyclic) bond motifs is 6. The summed E-state index contributed by atoms with van der Waals surface area (Å²) in [6.45, 7) is 31.1. The second-order valence-electron chi connectivity index (χ2n) is 18.7. The number of hydrogen-bond donors (Lipinski definition) is 0. The molecule has 0 N–H and O–H groups in total. The lowest BCUT2D eigenvalue weighted by Gasteiger charge is -2.16. The predicted octanol–water partition coefficient (Wildman–Crippen LogP) is 17.2. The van der Waals surface area contributed by atoms with Gasteiger partial charge in [0.1, 0.15) is 0 Å². The number of pyridine rings is 1. The fourth-order valence-corrected chi connectivity index (χ4v) is 10.7. The number of nitrogens with zero attached hydrogens (tertiary/aromatic N) is 12. The first-order chi connectivity index (χ1) is 39.2. The van der Waals surface area contributed by atoms with Crippen LogP contribution in [0.1, 0.15) is 27.8 Å². The third kappa shape index (κ3) is 7.90. The van der Waals surface area contributed by atoms with E-state index in [2.05, 4.69) is 58.9 Å². The molecule has 0 amide bonds. The summed E-state index contributed by atoms with van der Waals surface area (Å²) in [7, 11) is 0. The Kier molecular flexibility index (Phi) is 11.7. The Morgan fingerprint density at radius 2 is 0.762 bits per heavy atom. The number of benzene rings is 9. The van der Waals surface area contributed by atoms with E-state index in [1.807, 2.05) is 97.1 Å². The van der Waals surface area contributed by atoms with E-state index in [9.17, 15) is 26.3 Å². The molecule has 12 rings (SSSR count). The molecule has 9 aromatic carbocycles. The van der Waals surface area contributed by atoms with Gasteiger partial charge in [-0.05, 0) is 160 Å². The van der Waals surface area contributed by atoms with Crippen LogP contribution < -0.4 is 0 Å². The second kappa shape index (κ2) is 19.4. The van der Waals surface area contributed by atoms with Gasteiger partial charge in [0.05, 0.1) is 95.6 Å². The predicted molar refractivity (Wildman–Crippen MR) is 309 cm³/mol. The highest BCUT2D eigenvalue weighted by molar-refractivity contribution is 6.14. The zero-order chi connectivity index (χ0) is 55.2. The van der Waals surface area contributed by atoms with Gasteiger partial charge in [0.15, 0.2) is 22.7 Å². The van der Waals surface area contributed by atoms with Gasteiger partial charge in [-0.1, -0.05) is 60.7 Å². The Hall–Kier alpha value is -12.9. The minimum Gasteiger partial charge on any atom is -0.309 e. The van der Waals surface area contributed by atoms with Crippen LogP contribution in [-0.2, 0) is 0 Å². The fraction of sp³-hybridized carbons (Fsp3) is 0. The zero-order valence-electron chi connectivity index (χ0n) is 41.7. The highest BCUT2D eigenvalue weighted by Crippen LogP contribution is 2.44. The van der Waals surface area contributed by atoms with Crippen LogP contribution in [0.5, 0.6) is 0 Å². The van der Waals surface area contributed by atoms with Gasteiger partial charge in [0.2, 0.25) is 0 Å². The van der Waals surface area contributed by atoms with Crippen molar-refractivity contribution in [1.82, 2.24) is 14.1 Å². The van der Waals surface area contributed by atoms with Crippen molar-refractivity contribution >= 4 is 66.4 Å². The molecule has 0 saturated carbocycles. The molecule has 12 aromatic rings. The molecule has 0 atom stereocenters. The average Bonchev–Trinajstić information content (AvgIpc) is 4.10. The minimum absolute atomic E-state index is 0.339. The van der Waals surface area contributed by atoms with Gasteiger partial charge in [-0.2, -0.15) is 26.3 Å². The van der Waals surface area contributed by atoms with Gasteiger partial charge in [0, 0.05) is 61.2 Å². The number of rotatable bonds is 7. The molecule has 0 saturated heterocycles. The molecule has 12 heteroatoms. The summed E-state index contributed by atoms with van der Waals surface area (Å²) in [4.78, 5) is 19.6. The maximum Gasteiger partial charge on any atom is 0.196 e. The normalized spacial score (nSPS) is 10.6. The Labute approximate surface area is 457 Å². The van der Waals surface area contributed by atoms with Gasteiger partial charge in [-0.15, -0.1) is 0 Å². The van der Waals surface area contributed by atoms with Crippen molar-refractivity contribution in [2.24, 2.45) is 0 Å². The molecule has 0 aliphatic rings. The summed E-state index contributed by atoms with van der Waals surface area (Å²) in [5, 5.41) is 53.6. The van der Waals surface area contributed by atoms with Gasteiger partial charge in [0.25, 0.3) is 0 Å². The van der Waals surface area contributed by atoms with Gasteiger partial charge >= 0.3 is 0 Å². The molecular formula is C68H30N12. The monoisotopic (exact) mass is 1010 g/mol. The lowest BCUT2D eigenvalue weighted by atomic mass is 9.96. The SMILES string of the molecule is [C-]#[N+]c1ccc(-c2ccc3c(c2)c2cc(-c4ccc([N+]#[C-])cc4C#N)ccc2n3-c2ccc(C#N)cc2-c2cc(-n3c4ccc(-c5ccc(C#N)cc5[N+]#[C-])cc4c4cc(-c5ccc(C#N)cc5[N+]#[C-])ccc43)ccn2)c(C#N)c1. The lowest BCUT2D eigenvalue weighted by molar-refractivity contribution is 1.14. The molecule has 0 unspecified atom stereocenters. The van der Waals surface area contributed by atoms with E-state index in [-0.39, 0.29) is 0 Å². The fourth-order valence-electron chi connectivity index (χ4n) is 10.7. The van der Waals surface area contributed by atoms with Crippen LogP contribution >= 0.6 is 0 Å². The maximum absolute atomic E-state index is 10.5. The summed E-state index contributed by atoms with van der Waals surface area (Å²) in [6, 6.07) is 64.6. The third-order valence-electron chi connectivity index (χ3n) is 14.4. The van der Waals surface area contributed by atoms with Gasteiger partial charge in [-0.25, -0.2) is 19.4 Å². The van der Waals surface area contributed by atoms with Crippen molar-refractivity contribution in [3.05, 3.63) is 256 Å². The molecular weight excluding hydrogens is 985 g/mol. The Morgan fingerprint density at radius 3 is 1.19 bits per heavy atom. The van der Waals surface area contributed by atoms with Crippen LogP contribution in [0, 0.1) is 82.9 Å². The standard InChI is InChI=1S/C68H30N12/c1-74-49-12-16-52(47(28-49)38-72)43-8-21-66-58(30-43)59-31-44(53-17-13-50(75-2)29-48(53)39-73)9-22-67(59)80(66)68-18-7-40(35-69)25-60(68)63-34-51(23-24-78-63)79-64-19-10-45(54-14-5-41(36-70)26-61(54)76-3)32-56(64)57-33-46(11-20-65(57)79)55-15-6-42(37-71)27-62(55)77-4/h5-34H. The van der Waals surface area contributed by atoms with Crippen molar-refractivity contribution < 1.29 is 0 Å². The number of hydrogen-bond acceptors (Lipinski definition) is 6. The van der Waals surface area contributed by atoms with E-state index in [1.165, 1.54) is 0 Å². The van der Waals surface area contributed by atoms with Crippen LogP contribution in [0.2, 0.25) is 0 Å². The van der Waals surface area contributed by atoms with E-state index in [0.29, 0.717) is 89.8 Å². The summed E-state index contributed by atoms with van der Waals surface area (Å²) in [5.74, 6) is 0. The first kappa shape index (κ1) is 48.1. The minimum atomic E-state index is 0.339. The van der Waals surface area contributed by atoms with Crippen molar-refractivity contribution in [3.8, 4) is 97.5 Å². The smallest absolute Gasteiger partial charge is 0.196 e. The summed E-state index contributed by atoms with van der Waals surface area (Å²) in [6.07, 6.45) is 1.73. The van der Waals surface area contributed by atoms with Crippen molar-refractivity contribution in [2.75, 3.05) is 0 Å². The van der Waals surface area contributed by atoms with E-state index >= 15 is 0 Å². The lowest BCUT2D eigenvalue weighted by Crippen LogP contribution is -2.01. The van der Waals surface area contributed by atoms with Crippen molar-refractivity contribution in [1.29, 1.82) is 26.3 Å². The van der Waals surface area contributed by atoms with Crippen molar-refractivity contribution in [3.63, 3.8) is 0 Å². The molecule has 80 heavy (non-hydrogen) atoms. The summed E-state index contributed by atoms with van der Waals surface area (Å²) < 4.78 is 4.25. The van der Waals surface area contributed by atoms with Crippen LogP contribution in [0.15, 0.2) is 182 Å². The van der Waals surface area contributed by atoms with Gasteiger partial charge in [-0.3, -0.25) is 4.98 Å². The third-order valence-corrected chi connectivity index (χ3v) is 14.4. The van der Waals surface area contributed by atoms with Crippen molar-refractivity contribution in [2.45, 2.75) is 0 Å². The molecule has 3 aromatic heterocycles. The van der Waals surface area contributed by atoms with Crippen LogP contribution in [0.3, 0.4) is 0 Å². The largest absolute Gasteiger partial charge is 0.309 e. The Balaban J connectivity index is 1.08. The summed E-state index contributed by atoms with van der Waals surface area (Å²) in [5.41, 5.74) is 14.8. The van der Waals surface area contributed by atoms with Crippen LogP contribution in [0.4, 0.5) is 22.7 Å². The maximum atomic E-state index is 10.5. The molecule has 0 bridgehead atoms. The molecule has 0 spiro atoms. The molecule has 362 valence electrons. The molecule has 3 heterocycles. The molecule has 0 aliphatic heterocycles. The van der Waals surface area contributed by atoms with E-state index < -0.39 is 0 Å². The molecule has 12 nitrogen and oxygen atoms in total. The van der Waals surface area contributed by atoms with Gasteiger partial charge < -0.3 is 9.13 Å². The average molecular weight is 1020 g/mol. The Bertz CT molecular complexity index is 4880. The molecule has 0 fully saturated rings. The van der Waals surface area contributed by atoms with Crippen LogP contribution in [-0.4, -0.2) is 14.1 Å². The molecule has 0 radical (unpaired) electrons. The highest BCUT2D eigenvalue weighted by atomic mass is 15.0. The topological polar surface area (TPSA) is 159 Å². The van der Waals surface area contributed by atoms with E-state index in [1.54, 1.807) is 85.1 Å². The summed E-state index contributed by atoms with van der Waals surface area (Å²) >= 11 is 0. The highest BCUT2D eigenvalue weighted by Gasteiger charge is 2.22. The number of nitriles is 5. The zero-order valence-corrected chi connectivity index (χ0v) is 41.7. The first-order valence-electron chi connectivity index (χ1n) is 24.6. The quantitative estimate of drug-likeness (QED) is 0.145. The van der Waals surface area contributed by atoms with E-state index in [4.69, 9.17) is 31.3 Å². The van der Waals surface area contributed by atoms with E-state index in [0.717, 1.165) is 71.6 Å². The number of aromatic nitrogens is 3. The van der Waals surface area contributed by atoms with Crippen LogP contribution in [0.25, 0.3) is 130 Å². The molecule has 0 aliphatic carbocycles. The Morgan fingerprint density at radius 1 is 0.350 bits per heavy atom.